The van der Waals surface area contributed by atoms with E-state index in [4.69, 9.17) is 21.4 Å². The largest absolute Gasteiger partial charge is 0.392 e. The Balaban J connectivity index is 2.24. The van der Waals surface area contributed by atoms with Gasteiger partial charge in [0, 0.05) is 23.7 Å². The summed E-state index contributed by atoms with van der Waals surface area (Å²) in [5.74, 6) is -0.980. The maximum atomic E-state index is 14.0. The minimum absolute atomic E-state index is 0.0277. The molecule has 1 saturated carbocycles. The maximum Gasteiger partial charge on any atom is 0.243 e. The highest BCUT2D eigenvalue weighted by Crippen LogP contribution is 2.27. The molecule has 1 aromatic rings. The van der Waals surface area contributed by atoms with Crippen LogP contribution in [0.1, 0.15) is 18.4 Å². The van der Waals surface area contributed by atoms with Gasteiger partial charge in [-0.3, -0.25) is 0 Å². The van der Waals surface area contributed by atoms with E-state index in [0.717, 1.165) is 6.07 Å². The highest BCUT2D eigenvalue weighted by molar-refractivity contribution is 7.89. The lowest BCUT2D eigenvalue weighted by atomic mass is 9.90. The third-order valence-electron chi connectivity index (χ3n) is 3.29. The third kappa shape index (κ3) is 3.12. The first-order chi connectivity index (χ1) is 9.37. The first-order valence-electron chi connectivity index (χ1n) is 6.01. The topological polar surface area (TPSA) is 75.6 Å². The Morgan fingerprint density at radius 1 is 1.50 bits per heavy atom. The van der Waals surface area contributed by atoms with Crippen molar-refractivity contribution in [3.63, 3.8) is 0 Å². The van der Waals surface area contributed by atoms with E-state index in [1.807, 2.05) is 0 Å². The summed E-state index contributed by atoms with van der Waals surface area (Å²) in [4.78, 5) is -0.546. The Labute approximate surface area is 121 Å². The Hall–Kier alpha value is -0.730. The quantitative estimate of drug-likeness (QED) is 0.859. The first kappa shape index (κ1) is 15.7. The molecule has 1 aliphatic carbocycles. The van der Waals surface area contributed by atoms with Gasteiger partial charge in [-0.25, -0.2) is 17.5 Å². The molecule has 0 aliphatic heterocycles. The van der Waals surface area contributed by atoms with Crippen LogP contribution in [-0.2, 0) is 21.4 Å². The van der Waals surface area contributed by atoms with Crippen LogP contribution in [0, 0.1) is 5.82 Å². The molecular weight excluding hydrogens is 309 g/mol. The van der Waals surface area contributed by atoms with E-state index < -0.39 is 27.3 Å². The third-order valence-corrected chi connectivity index (χ3v) is 5.03. The summed E-state index contributed by atoms with van der Waals surface area (Å²) in [5.41, 5.74) is -0.152. The molecule has 2 N–H and O–H groups in total. The van der Waals surface area contributed by atoms with Crippen molar-refractivity contribution < 1.29 is 22.7 Å². The summed E-state index contributed by atoms with van der Waals surface area (Å²) in [6, 6.07) is 1.95. The van der Waals surface area contributed by atoms with Crippen LogP contribution in [0.3, 0.4) is 0 Å². The van der Waals surface area contributed by atoms with E-state index in [1.54, 1.807) is 7.11 Å². The van der Waals surface area contributed by atoms with Crippen molar-refractivity contribution >= 4 is 21.6 Å². The highest BCUT2D eigenvalue weighted by Gasteiger charge is 2.34. The number of sulfonamides is 1. The number of rotatable bonds is 5. The molecule has 0 spiro atoms. The molecule has 8 heteroatoms. The van der Waals surface area contributed by atoms with Gasteiger partial charge in [-0.2, -0.15) is 0 Å². The zero-order chi connectivity index (χ0) is 14.9. The zero-order valence-electron chi connectivity index (χ0n) is 10.8. The lowest BCUT2D eigenvalue weighted by Crippen LogP contribution is -2.47. The average molecular weight is 324 g/mol. The van der Waals surface area contributed by atoms with Gasteiger partial charge in [-0.15, -0.1) is 0 Å². The predicted octanol–water partition coefficient (Wildman–Crippen LogP) is 1.43. The fourth-order valence-electron chi connectivity index (χ4n) is 2.07. The minimum Gasteiger partial charge on any atom is -0.392 e. The molecule has 112 valence electrons. The maximum absolute atomic E-state index is 14.0. The number of hydrogen-bond acceptors (Lipinski definition) is 4. The van der Waals surface area contributed by atoms with Crippen molar-refractivity contribution in [2.45, 2.75) is 36.5 Å². The summed E-state index contributed by atoms with van der Waals surface area (Å²) in [6.45, 7) is -0.621. The fraction of sp³-hybridized carbons (Fsp3) is 0.500. The van der Waals surface area contributed by atoms with Crippen LogP contribution in [0.2, 0.25) is 5.02 Å². The first-order valence-corrected chi connectivity index (χ1v) is 7.87. The Morgan fingerprint density at radius 2 is 2.15 bits per heavy atom. The molecule has 0 amide bonds. The molecule has 0 saturated heterocycles. The summed E-state index contributed by atoms with van der Waals surface area (Å²) in [5, 5.41) is 9.06. The van der Waals surface area contributed by atoms with E-state index in [1.165, 1.54) is 6.07 Å². The fourth-order valence-corrected chi connectivity index (χ4v) is 3.78. The van der Waals surface area contributed by atoms with Crippen molar-refractivity contribution in [2.75, 3.05) is 7.11 Å². The second kappa shape index (κ2) is 5.95. The van der Waals surface area contributed by atoms with E-state index in [9.17, 15) is 12.8 Å². The highest BCUT2D eigenvalue weighted by atomic mass is 35.5. The number of halogens is 2. The number of methoxy groups -OCH3 is 1. The van der Waals surface area contributed by atoms with Gasteiger partial charge in [0.2, 0.25) is 10.0 Å². The van der Waals surface area contributed by atoms with Crippen LogP contribution >= 0.6 is 11.6 Å². The average Bonchev–Trinajstić information content (AvgIpc) is 2.35. The van der Waals surface area contributed by atoms with Crippen LogP contribution in [0.25, 0.3) is 0 Å². The van der Waals surface area contributed by atoms with Gasteiger partial charge in [-0.05, 0) is 25.0 Å². The van der Waals surface area contributed by atoms with Crippen LogP contribution in [0.5, 0.6) is 0 Å². The van der Waals surface area contributed by atoms with Crippen molar-refractivity contribution in [3.05, 3.63) is 28.5 Å². The number of ether oxygens (including phenoxy) is 1. The molecule has 2 rings (SSSR count). The van der Waals surface area contributed by atoms with Crippen molar-refractivity contribution in [1.82, 2.24) is 4.72 Å². The molecule has 0 unspecified atom stereocenters. The molecule has 0 bridgehead atoms. The smallest absolute Gasteiger partial charge is 0.243 e. The molecule has 1 fully saturated rings. The van der Waals surface area contributed by atoms with Crippen LogP contribution in [0.15, 0.2) is 17.0 Å². The van der Waals surface area contributed by atoms with Crippen molar-refractivity contribution in [3.8, 4) is 0 Å². The number of nitrogens with one attached hydrogen (secondary N) is 1. The van der Waals surface area contributed by atoms with Gasteiger partial charge in [-0.1, -0.05) is 11.6 Å². The predicted molar refractivity (Wildman–Crippen MR) is 71.5 cm³/mol. The lowest BCUT2D eigenvalue weighted by molar-refractivity contribution is 0.0236. The van der Waals surface area contributed by atoms with Crippen LogP contribution in [0.4, 0.5) is 4.39 Å². The van der Waals surface area contributed by atoms with E-state index in [2.05, 4.69) is 4.72 Å². The Kier molecular flexibility index (Phi) is 4.66. The lowest BCUT2D eigenvalue weighted by Gasteiger charge is -2.34. The van der Waals surface area contributed by atoms with Gasteiger partial charge in [0.05, 0.1) is 12.7 Å². The van der Waals surface area contributed by atoms with Gasteiger partial charge in [0.1, 0.15) is 10.7 Å². The van der Waals surface area contributed by atoms with E-state index >= 15 is 0 Å². The van der Waals surface area contributed by atoms with Crippen LogP contribution < -0.4 is 4.72 Å². The number of benzene rings is 1. The SMILES string of the molecule is COC1CC(NS(=O)(=O)c2cc(Cl)cc(CO)c2F)C1. The van der Waals surface area contributed by atoms with Crippen molar-refractivity contribution in [2.24, 2.45) is 0 Å². The molecule has 5 nitrogen and oxygen atoms in total. The molecule has 0 aromatic heterocycles. The summed E-state index contributed by atoms with van der Waals surface area (Å²) < 4.78 is 45.7. The molecule has 1 aliphatic rings. The number of aliphatic hydroxyl groups is 1. The molecule has 0 heterocycles. The minimum atomic E-state index is -4.01. The zero-order valence-corrected chi connectivity index (χ0v) is 12.3. The monoisotopic (exact) mass is 323 g/mol. The summed E-state index contributed by atoms with van der Waals surface area (Å²) in [7, 11) is -2.46. The summed E-state index contributed by atoms with van der Waals surface area (Å²) in [6.07, 6.45) is 1.12. The second-order valence-electron chi connectivity index (χ2n) is 4.68. The summed E-state index contributed by atoms with van der Waals surface area (Å²) >= 11 is 5.75. The molecule has 1 aromatic carbocycles. The standard InChI is InChI=1S/C12H15ClFNO4S/c1-19-10-4-9(5-10)15-20(17,18)11-3-8(13)2-7(6-16)12(11)14/h2-3,9-10,15-16H,4-6H2,1H3. The number of hydrogen-bond donors (Lipinski definition) is 2. The second-order valence-corrected chi connectivity index (χ2v) is 6.80. The number of aliphatic hydroxyl groups excluding tert-OH is 1. The van der Waals surface area contributed by atoms with Crippen molar-refractivity contribution in [1.29, 1.82) is 0 Å². The molecule has 0 atom stereocenters. The van der Waals surface area contributed by atoms with E-state index in [-0.39, 0.29) is 22.7 Å². The van der Waals surface area contributed by atoms with E-state index in [0.29, 0.717) is 12.8 Å². The Bertz CT molecular complexity index is 602. The van der Waals surface area contributed by atoms with Gasteiger partial charge in [0.15, 0.2) is 0 Å². The Morgan fingerprint density at radius 3 is 2.70 bits per heavy atom. The van der Waals surface area contributed by atoms with Gasteiger partial charge >= 0.3 is 0 Å². The van der Waals surface area contributed by atoms with Gasteiger partial charge < -0.3 is 9.84 Å². The van der Waals surface area contributed by atoms with Crippen LogP contribution in [-0.4, -0.2) is 32.8 Å². The normalized spacial score (nSPS) is 22.6. The van der Waals surface area contributed by atoms with Gasteiger partial charge in [0.25, 0.3) is 0 Å². The molecular formula is C12H15ClFNO4S. The molecule has 20 heavy (non-hydrogen) atoms. The molecule has 0 radical (unpaired) electrons.